The minimum absolute atomic E-state index is 0.106. The van der Waals surface area contributed by atoms with Crippen LogP contribution in [0.15, 0.2) is 64.2 Å². The number of H-pyrrole nitrogens is 1. The van der Waals surface area contributed by atoms with E-state index in [9.17, 15) is 14.4 Å². The van der Waals surface area contributed by atoms with Crippen LogP contribution in [0, 0.1) is 13.8 Å². The van der Waals surface area contributed by atoms with Crippen LogP contribution in [0.4, 0.5) is 5.82 Å². The first-order chi connectivity index (χ1) is 16.3. The van der Waals surface area contributed by atoms with Gasteiger partial charge in [0.1, 0.15) is 12.1 Å². The normalized spacial score (nSPS) is 11.4. The van der Waals surface area contributed by atoms with E-state index in [1.165, 1.54) is 9.13 Å². The Kier molecular flexibility index (Phi) is 5.16. The van der Waals surface area contributed by atoms with Crippen LogP contribution in [-0.4, -0.2) is 29.8 Å². The summed E-state index contributed by atoms with van der Waals surface area (Å²) < 4.78 is 4.37. The van der Waals surface area contributed by atoms with E-state index in [0.29, 0.717) is 16.9 Å². The molecule has 0 unspecified atom stereocenters. The zero-order valence-electron chi connectivity index (χ0n) is 19.1. The van der Waals surface area contributed by atoms with Crippen molar-refractivity contribution in [2.45, 2.75) is 26.9 Å². The number of nitrogens with zero attached hydrogens (tertiary/aromatic N) is 4. The molecule has 9 nitrogen and oxygen atoms in total. The maximum Gasteiger partial charge on any atom is 0.332 e. The van der Waals surface area contributed by atoms with Crippen molar-refractivity contribution >= 4 is 33.7 Å². The number of benzene rings is 2. The number of anilines is 1. The zero-order chi connectivity index (χ0) is 24.0. The number of carbonyl (C=O) groups excluding carboxylic acids is 1. The highest BCUT2D eigenvalue weighted by atomic mass is 16.2. The van der Waals surface area contributed by atoms with Gasteiger partial charge in [-0.15, -0.1) is 0 Å². The summed E-state index contributed by atoms with van der Waals surface area (Å²) in [4.78, 5) is 40.2. The molecule has 5 rings (SSSR count). The molecule has 0 saturated heterocycles. The number of hydrogen-bond acceptors (Lipinski definition) is 4. The Balaban J connectivity index is 1.74. The van der Waals surface area contributed by atoms with Crippen LogP contribution in [0.5, 0.6) is 0 Å². The minimum Gasteiger partial charge on any atom is -0.338 e. The van der Waals surface area contributed by atoms with E-state index in [0.717, 1.165) is 27.7 Å². The molecule has 0 spiro atoms. The largest absolute Gasteiger partial charge is 0.338 e. The molecule has 3 aromatic heterocycles. The Morgan fingerprint density at radius 3 is 2.47 bits per heavy atom. The van der Waals surface area contributed by atoms with Crippen molar-refractivity contribution < 1.29 is 4.79 Å². The Labute approximate surface area is 194 Å². The van der Waals surface area contributed by atoms with Gasteiger partial charge in [0.25, 0.3) is 5.56 Å². The van der Waals surface area contributed by atoms with Gasteiger partial charge in [-0.2, -0.15) is 5.10 Å². The van der Waals surface area contributed by atoms with E-state index in [-0.39, 0.29) is 18.6 Å². The first kappa shape index (κ1) is 21.4. The second kappa shape index (κ2) is 8.18. The molecule has 9 heteroatoms. The summed E-state index contributed by atoms with van der Waals surface area (Å²) in [5.41, 5.74) is 3.32. The second-order valence-electron chi connectivity index (χ2n) is 8.51. The van der Waals surface area contributed by atoms with E-state index in [2.05, 4.69) is 15.5 Å². The van der Waals surface area contributed by atoms with Crippen molar-refractivity contribution in [1.29, 1.82) is 0 Å². The number of fused-ring (bicyclic) bond motifs is 3. The standard InChI is InChI=1S/C25H24N6O3/c1-15-9-10-19-18(11-15)22-23(29(19)3)24(33)31(13-17-7-5-4-6-8-17)25(34)30(22)14-21(32)26-20-12-16(2)27-28-20/h4-12H,13-14H2,1-3H3,(H2,26,27,28,32). The topological polar surface area (TPSA) is 107 Å². The lowest BCUT2D eigenvalue weighted by atomic mass is 10.1. The molecule has 0 bridgehead atoms. The molecule has 1 amide bonds. The number of hydrogen-bond donors (Lipinski definition) is 2. The fourth-order valence-electron chi connectivity index (χ4n) is 4.37. The summed E-state index contributed by atoms with van der Waals surface area (Å²) >= 11 is 0. The minimum atomic E-state index is -0.538. The molecule has 2 aromatic carbocycles. The molecule has 0 aliphatic heterocycles. The van der Waals surface area contributed by atoms with Crippen LogP contribution in [-0.2, 0) is 24.9 Å². The molecule has 0 fully saturated rings. The van der Waals surface area contributed by atoms with Crippen molar-refractivity contribution in [3.05, 3.63) is 92.3 Å². The smallest absolute Gasteiger partial charge is 0.332 e. The number of aromatic nitrogens is 5. The predicted octanol–water partition coefficient (Wildman–Crippen LogP) is 2.68. The van der Waals surface area contributed by atoms with Crippen molar-refractivity contribution in [2.75, 3.05) is 5.32 Å². The van der Waals surface area contributed by atoms with E-state index in [1.807, 2.05) is 62.4 Å². The van der Waals surface area contributed by atoms with Crippen LogP contribution >= 0.6 is 0 Å². The fraction of sp³-hybridized carbons (Fsp3) is 0.200. The molecule has 5 aromatic rings. The molecule has 2 N–H and O–H groups in total. The lowest BCUT2D eigenvalue weighted by molar-refractivity contribution is -0.116. The number of aryl methyl sites for hydroxylation is 3. The maximum atomic E-state index is 13.7. The SMILES string of the molecule is Cc1ccc2c(c1)c1c(c(=O)n(Cc3ccccc3)c(=O)n1CC(=O)Nc1cc(C)[nH]n1)n2C. The Hall–Kier alpha value is -4.40. The fourth-order valence-corrected chi connectivity index (χ4v) is 4.37. The van der Waals surface area contributed by atoms with Crippen LogP contribution < -0.4 is 16.6 Å². The van der Waals surface area contributed by atoms with Crippen molar-refractivity contribution in [3.63, 3.8) is 0 Å². The van der Waals surface area contributed by atoms with Crippen molar-refractivity contribution in [3.8, 4) is 0 Å². The lowest BCUT2D eigenvalue weighted by Gasteiger charge is -2.13. The highest BCUT2D eigenvalue weighted by molar-refractivity contribution is 6.06. The van der Waals surface area contributed by atoms with Crippen LogP contribution in [0.3, 0.4) is 0 Å². The lowest BCUT2D eigenvalue weighted by Crippen LogP contribution is -2.42. The summed E-state index contributed by atoms with van der Waals surface area (Å²) in [6, 6.07) is 16.8. The van der Waals surface area contributed by atoms with Crippen molar-refractivity contribution in [2.24, 2.45) is 7.05 Å². The van der Waals surface area contributed by atoms with Gasteiger partial charge < -0.3 is 9.88 Å². The monoisotopic (exact) mass is 456 g/mol. The highest BCUT2D eigenvalue weighted by Crippen LogP contribution is 2.26. The highest BCUT2D eigenvalue weighted by Gasteiger charge is 2.22. The van der Waals surface area contributed by atoms with Crippen molar-refractivity contribution in [1.82, 2.24) is 23.9 Å². The van der Waals surface area contributed by atoms with E-state index in [1.54, 1.807) is 17.7 Å². The van der Waals surface area contributed by atoms with Gasteiger partial charge in [-0.3, -0.25) is 23.8 Å². The van der Waals surface area contributed by atoms with Gasteiger partial charge in [0.15, 0.2) is 5.82 Å². The van der Waals surface area contributed by atoms with Gasteiger partial charge in [0.05, 0.1) is 17.6 Å². The number of aromatic amines is 1. The molecule has 0 atom stereocenters. The third-order valence-electron chi connectivity index (χ3n) is 5.97. The summed E-state index contributed by atoms with van der Waals surface area (Å²) in [5.74, 6) is -0.0392. The Morgan fingerprint density at radius 1 is 1.00 bits per heavy atom. The van der Waals surface area contributed by atoms with E-state index >= 15 is 0 Å². The summed E-state index contributed by atoms with van der Waals surface area (Å²) in [6.45, 7) is 3.62. The molecule has 0 radical (unpaired) electrons. The molecular formula is C25H24N6O3. The molecule has 3 heterocycles. The third-order valence-corrected chi connectivity index (χ3v) is 5.97. The van der Waals surface area contributed by atoms with E-state index < -0.39 is 11.6 Å². The predicted molar refractivity (Wildman–Crippen MR) is 131 cm³/mol. The third kappa shape index (κ3) is 3.61. The Bertz CT molecular complexity index is 1670. The number of rotatable bonds is 5. The summed E-state index contributed by atoms with van der Waals surface area (Å²) in [6.07, 6.45) is 0. The average Bonchev–Trinajstić information content (AvgIpc) is 3.34. The van der Waals surface area contributed by atoms with Gasteiger partial charge in [0, 0.05) is 24.2 Å². The van der Waals surface area contributed by atoms with Crippen LogP contribution in [0.2, 0.25) is 0 Å². The quantitative estimate of drug-likeness (QED) is 0.424. The van der Waals surface area contributed by atoms with Gasteiger partial charge in [-0.1, -0.05) is 42.0 Å². The first-order valence-electron chi connectivity index (χ1n) is 10.9. The molecule has 0 aliphatic carbocycles. The number of carbonyl (C=O) groups is 1. The second-order valence-corrected chi connectivity index (χ2v) is 8.51. The molecule has 172 valence electrons. The summed E-state index contributed by atoms with van der Waals surface area (Å²) in [7, 11) is 1.80. The molecular weight excluding hydrogens is 432 g/mol. The van der Waals surface area contributed by atoms with Gasteiger partial charge in [0.2, 0.25) is 5.91 Å². The number of nitrogens with one attached hydrogen (secondary N) is 2. The van der Waals surface area contributed by atoms with Crippen LogP contribution in [0.1, 0.15) is 16.8 Å². The molecule has 34 heavy (non-hydrogen) atoms. The zero-order valence-corrected chi connectivity index (χ0v) is 19.1. The Morgan fingerprint density at radius 2 is 1.76 bits per heavy atom. The molecule has 0 aliphatic rings. The van der Waals surface area contributed by atoms with Gasteiger partial charge in [-0.25, -0.2) is 4.79 Å². The number of amides is 1. The summed E-state index contributed by atoms with van der Waals surface area (Å²) in [5, 5.41) is 10.3. The van der Waals surface area contributed by atoms with Gasteiger partial charge >= 0.3 is 5.69 Å². The van der Waals surface area contributed by atoms with E-state index in [4.69, 9.17) is 0 Å². The van der Waals surface area contributed by atoms with Crippen LogP contribution in [0.25, 0.3) is 21.9 Å². The van der Waals surface area contributed by atoms with Gasteiger partial charge in [-0.05, 0) is 31.5 Å². The first-order valence-corrected chi connectivity index (χ1v) is 10.9. The average molecular weight is 457 g/mol. The maximum absolute atomic E-state index is 13.7. The molecule has 0 saturated carbocycles.